The second-order valence-electron chi connectivity index (χ2n) is 10.3. The summed E-state index contributed by atoms with van der Waals surface area (Å²) in [6.45, 7) is 11.6. The van der Waals surface area contributed by atoms with Gasteiger partial charge in [-0.05, 0) is 25.7 Å². The normalized spacial score (nSPS) is 12.7. The Morgan fingerprint density at radius 3 is 1.39 bits per heavy atom. The van der Waals surface area contributed by atoms with Crippen molar-refractivity contribution in [3.05, 3.63) is 0 Å². The molecule has 0 spiro atoms. The first-order valence-electron chi connectivity index (χ1n) is 14.4. The summed E-state index contributed by atoms with van der Waals surface area (Å²) in [5.74, 6) is 0.885. The van der Waals surface area contributed by atoms with E-state index in [1.165, 1.54) is 128 Å². The van der Waals surface area contributed by atoms with Crippen molar-refractivity contribution in [2.75, 3.05) is 19.8 Å². The predicted molar refractivity (Wildman–Crippen MR) is 139 cm³/mol. The highest BCUT2D eigenvalue weighted by Crippen LogP contribution is 2.14. The van der Waals surface area contributed by atoms with Crippen LogP contribution in [0.2, 0.25) is 0 Å². The Bertz CT molecular complexity index is 316. The van der Waals surface area contributed by atoms with Crippen molar-refractivity contribution in [2.45, 2.75) is 162 Å². The van der Waals surface area contributed by atoms with Crippen molar-refractivity contribution in [1.29, 1.82) is 0 Å². The van der Waals surface area contributed by atoms with E-state index in [2.05, 4.69) is 27.7 Å². The minimum atomic E-state index is 0.246. The molecular formula is C29H60O2. The summed E-state index contributed by atoms with van der Waals surface area (Å²) < 4.78 is 11.7. The molecule has 0 N–H and O–H groups in total. The van der Waals surface area contributed by atoms with Gasteiger partial charge in [0.05, 0.1) is 12.7 Å². The second-order valence-corrected chi connectivity index (χ2v) is 10.3. The molecule has 0 saturated heterocycles. The van der Waals surface area contributed by atoms with Crippen LogP contribution >= 0.6 is 0 Å². The first kappa shape index (κ1) is 30.9. The van der Waals surface area contributed by atoms with Crippen LogP contribution in [-0.2, 0) is 9.47 Å². The van der Waals surface area contributed by atoms with Gasteiger partial charge in [-0.1, -0.05) is 136 Å². The minimum absolute atomic E-state index is 0.246. The van der Waals surface area contributed by atoms with E-state index in [1.807, 2.05) is 0 Å². The maximum atomic E-state index is 5.86. The van der Waals surface area contributed by atoms with Crippen molar-refractivity contribution in [2.24, 2.45) is 5.92 Å². The van der Waals surface area contributed by atoms with Gasteiger partial charge in [-0.15, -0.1) is 0 Å². The van der Waals surface area contributed by atoms with E-state index in [-0.39, 0.29) is 6.10 Å². The Balaban J connectivity index is 3.11. The van der Waals surface area contributed by atoms with E-state index in [4.69, 9.17) is 9.47 Å². The SMILES string of the molecule is CCCCCCCCOC(C)COCCCCCCCCCCCCCCCC(C)C. The van der Waals surface area contributed by atoms with Crippen LogP contribution < -0.4 is 0 Å². The smallest absolute Gasteiger partial charge is 0.0780 e. The van der Waals surface area contributed by atoms with Crippen molar-refractivity contribution in [3.63, 3.8) is 0 Å². The van der Waals surface area contributed by atoms with Crippen LogP contribution in [0, 0.1) is 5.92 Å². The van der Waals surface area contributed by atoms with Crippen LogP contribution in [0.1, 0.15) is 156 Å². The first-order valence-corrected chi connectivity index (χ1v) is 14.4. The van der Waals surface area contributed by atoms with Crippen molar-refractivity contribution < 1.29 is 9.47 Å². The van der Waals surface area contributed by atoms with E-state index < -0.39 is 0 Å². The topological polar surface area (TPSA) is 18.5 Å². The van der Waals surface area contributed by atoms with Gasteiger partial charge in [0.2, 0.25) is 0 Å². The molecule has 0 heterocycles. The Hall–Kier alpha value is -0.0800. The second kappa shape index (κ2) is 26.2. The van der Waals surface area contributed by atoms with Gasteiger partial charge in [0.1, 0.15) is 0 Å². The standard InChI is InChI=1S/C29H60O2/c1-5-6-7-8-20-23-26-31-29(4)27-30-25-22-19-17-15-13-11-9-10-12-14-16-18-21-24-28(2)3/h28-29H,5-27H2,1-4H3. The lowest BCUT2D eigenvalue weighted by molar-refractivity contribution is -0.00869. The molecule has 0 aromatic rings. The summed E-state index contributed by atoms with van der Waals surface area (Å²) in [7, 11) is 0. The molecule has 2 heteroatoms. The van der Waals surface area contributed by atoms with Gasteiger partial charge < -0.3 is 9.47 Å². The molecule has 0 aliphatic heterocycles. The molecule has 0 aromatic heterocycles. The zero-order valence-electron chi connectivity index (χ0n) is 22.2. The Kier molecular flexibility index (Phi) is 26.1. The summed E-state index contributed by atoms with van der Waals surface area (Å²) in [5, 5.41) is 0. The summed E-state index contributed by atoms with van der Waals surface area (Å²) in [6, 6.07) is 0. The Morgan fingerprint density at radius 1 is 0.484 bits per heavy atom. The van der Waals surface area contributed by atoms with Crippen LogP contribution in [0.5, 0.6) is 0 Å². The molecule has 0 bridgehead atoms. The zero-order chi connectivity index (χ0) is 22.8. The monoisotopic (exact) mass is 440 g/mol. The van der Waals surface area contributed by atoms with Crippen LogP contribution in [0.25, 0.3) is 0 Å². The van der Waals surface area contributed by atoms with Crippen molar-refractivity contribution >= 4 is 0 Å². The van der Waals surface area contributed by atoms with E-state index in [0.717, 1.165) is 25.7 Å². The third-order valence-corrected chi connectivity index (χ3v) is 6.32. The minimum Gasteiger partial charge on any atom is -0.379 e. The Morgan fingerprint density at radius 2 is 0.903 bits per heavy atom. The zero-order valence-corrected chi connectivity index (χ0v) is 22.2. The van der Waals surface area contributed by atoms with E-state index in [9.17, 15) is 0 Å². The van der Waals surface area contributed by atoms with E-state index in [1.54, 1.807) is 0 Å². The van der Waals surface area contributed by atoms with Gasteiger partial charge in [0, 0.05) is 13.2 Å². The van der Waals surface area contributed by atoms with Crippen LogP contribution in [-0.4, -0.2) is 25.9 Å². The molecule has 0 aliphatic rings. The molecule has 0 saturated carbocycles. The number of unbranched alkanes of at least 4 members (excludes halogenated alkanes) is 17. The van der Waals surface area contributed by atoms with Gasteiger partial charge >= 0.3 is 0 Å². The fourth-order valence-electron chi connectivity index (χ4n) is 4.17. The Labute approximate surface area is 197 Å². The van der Waals surface area contributed by atoms with Gasteiger partial charge in [-0.3, -0.25) is 0 Å². The maximum absolute atomic E-state index is 5.86. The third-order valence-electron chi connectivity index (χ3n) is 6.32. The van der Waals surface area contributed by atoms with Crippen molar-refractivity contribution in [1.82, 2.24) is 0 Å². The van der Waals surface area contributed by atoms with Gasteiger partial charge in [0.15, 0.2) is 0 Å². The lowest BCUT2D eigenvalue weighted by Gasteiger charge is -2.13. The summed E-state index contributed by atoms with van der Waals surface area (Å²) >= 11 is 0. The molecule has 0 fully saturated rings. The summed E-state index contributed by atoms with van der Waals surface area (Å²) in [6.07, 6.45) is 28.0. The molecule has 1 unspecified atom stereocenters. The molecule has 1 atom stereocenters. The lowest BCUT2D eigenvalue weighted by Crippen LogP contribution is -2.17. The number of hydrogen-bond acceptors (Lipinski definition) is 2. The van der Waals surface area contributed by atoms with Crippen LogP contribution in [0.15, 0.2) is 0 Å². The fourth-order valence-corrected chi connectivity index (χ4v) is 4.17. The van der Waals surface area contributed by atoms with E-state index >= 15 is 0 Å². The summed E-state index contributed by atoms with van der Waals surface area (Å²) in [5.41, 5.74) is 0. The number of hydrogen-bond donors (Lipinski definition) is 0. The molecular weight excluding hydrogens is 380 g/mol. The molecule has 2 nitrogen and oxygen atoms in total. The summed E-state index contributed by atoms with van der Waals surface area (Å²) in [4.78, 5) is 0. The van der Waals surface area contributed by atoms with Gasteiger partial charge in [-0.2, -0.15) is 0 Å². The van der Waals surface area contributed by atoms with E-state index in [0.29, 0.717) is 0 Å². The predicted octanol–water partition coefficient (Wildman–Crippen LogP) is 9.89. The fraction of sp³-hybridized carbons (Fsp3) is 1.00. The van der Waals surface area contributed by atoms with Gasteiger partial charge in [0.25, 0.3) is 0 Å². The molecule has 0 rings (SSSR count). The third kappa shape index (κ3) is 27.9. The average Bonchev–Trinajstić information content (AvgIpc) is 2.75. The largest absolute Gasteiger partial charge is 0.379 e. The molecule has 31 heavy (non-hydrogen) atoms. The van der Waals surface area contributed by atoms with Crippen molar-refractivity contribution in [3.8, 4) is 0 Å². The van der Waals surface area contributed by atoms with Crippen LogP contribution in [0.4, 0.5) is 0 Å². The molecule has 0 radical (unpaired) electrons. The number of rotatable bonds is 26. The van der Waals surface area contributed by atoms with Crippen LogP contribution in [0.3, 0.4) is 0 Å². The molecule has 0 aliphatic carbocycles. The lowest BCUT2D eigenvalue weighted by atomic mass is 10.0. The average molecular weight is 441 g/mol. The highest BCUT2D eigenvalue weighted by Gasteiger charge is 2.02. The molecule has 0 aromatic carbocycles. The quantitative estimate of drug-likeness (QED) is 0.125. The van der Waals surface area contributed by atoms with Gasteiger partial charge in [-0.25, -0.2) is 0 Å². The molecule has 188 valence electrons. The number of ether oxygens (including phenoxy) is 2. The maximum Gasteiger partial charge on any atom is 0.0780 e. The highest BCUT2D eigenvalue weighted by atomic mass is 16.5. The first-order chi connectivity index (χ1) is 15.2. The highest BCUT2D eigenvalue weighted by molar-refractivity contribution is 4.52. The molecule has 0 amide bonds.